The second-order valence-corrected chi connectivity index (χ2v) is 4.14. The van der Waals surface area contributed by atoms with Gasteiger partial charge in [-0.3, -0.25) is 4.79 Å². The molecule has 0 fully saturated rings. The van der Waals surface area contributed by atoms with Gasteiger partial charge in [0.05, 0.1) is 6.61 Å². The summed E-state index contributed by atoms with van der Waals surface area (Å²) in [6, 6.07) is 6.67. The van der Waals surface area contributed by atoms with E-state index in [2.05, 4.69) is 5.32 Å². The van der Waals surface area contributed by atoms with Crippen molar-refractivity contribution in [3.63, 3.8) is 0 Å². The van der Waals surface area contributed by atoms with Crippen molar-refractivity contribution in [2.24, 2.45) is 0 Å². The van der Waals surface area contributed by atoms with Gasteiger partial charge >= 0.3 is 6.03 Å². The summed E-state index contributed by atoms with van der Waals surface area (Å²) in [5, 5.41) is 2.79. The molecular weight excluding hydrogens is 244 g/mol. The minimum absolute atomic E-state index is 0.00755. The number of ketones is 1. The maximum Gasteiger partial charge on any atom is 0.321 e. The van der Waals surface area contributed by atoms with E-state index in [0.29, 0.717) is 30.9 Å². The summed E-state index contributed by atoms with van der Waals surface area (Å²) in [5.74, 6) is 0.00755. The number of amides is 2. The Labute approximate surface area is 113 Å². The molecule has 5 heteroatoms. The fraction of sp³-hybridized carbons (Fsp3) is 0.429. The van der Waals surface area contributed by atoms with Gasteiger partial charge in [-0.15, -0.1) is 0 Å². The van der Waals surface area contributed by atoms with Crippen LogP contribution in [0.1, 0.15) is 24.2 Å². The maximum atomic E-state index is 12.0. The summed E-state index contributed by atoms with van der Waals surface area (Å²) in [4.78, 5) is 24.8. The van der Waals surface area contributed by atoms with Crippen molar-refractivity contribution < 1.29 is 14.3 Å². The highest BCUT2D eigenvalue weighted by Gasteiger charge is 2.11. The molecule has 0 saturated heterocycles. The summed E-state index contributed by atoms with van der Waals surface area (Å²) in [7, 11) is 1.60. The second kappa shape index (κ2) is 7.53. The lowest BCUT2D eigenvalue weighted by molar-refractivity contribution is 0.101. The number of carbonyl (C=O) groups is 2. The van der Waals surface area contributed by atoms with E-state index < -0.39 is 0 Å². The number of Topliss-reactive ketones (excluding diaryl/α,β-unsaturated/α-hetero) is 1. The van der Waals surface area contributed by atoms with Crippen LogP contribution in [0.25, 0.3) is 0 Å². The van der Waals surface area contributed by atoms with Crippen molar-refractivity contribution in [2.75, 3.05) is 32.1 Å². The van der Waals surface area contributed by atoms with E-state index in [1.807, 2.05) is 6.92 Å². The van der Waals surface area contributed by atoms with E-state index in [1.54, 1.807) is 36.3 Å². The van der Waals surface area contributed by atoms with Crippen LogP contribution >= 0.6 is 0 Å². The molecule has 0 atom stereocenters. The average Bonchev–Trinajstić information content (AvgIpc) is 2.40. The first-order valence-corrected chi connectivity index (χ1v) is 6.24. The molecule has 104 valence electrons. The van der Waals surface area contributed by atoms with Gasteiger partial charge in [-0.05, 0) is 38.1 Å². The van der Waals surface area contributed by atoms with Crippen LogP contribution in [0, 0.1) is 0 Å². The highest BCUT2D eigenvalue weighted by Crippen LogP contribution is 2.10. The van der Waals surface area contributed by atoms with E-state index in [9.17, 15) is 9.59 Å². The van der Waals surface area contributed by atoms with Crippen LogP contribution in [0.3, 0.4) is 0 Å². The molecule has 0 spiro atoms. The normalized spacial score (nSPS) is 10.1. The number of likely N-dealkylation sites (N-methyl/N-ethyl adjacent to an activating group) is 1. The third-order valence-electron chi connectivity index (χ3n) is 2.78. The smallest absolute Gasteiger partial charge is 0.321 e. The largest absolute Gasteiger partial charge is 0.383 e. The van der Waals surface area contributed by atoms with Crippen molar-refractivity contribution in [2.45, 2.75) is 13.8 Å². The van der Waals surface area contributed by atoms with E-state index in [0.717, 1.165) is 0 Å². The Morgan fingerprint density at radius 1 is 1.26 bits per heavy atom. The number of hydrogen-bond acceptors (Lipinski definition) is 3. The zero-order chi connectivity index (χ0) is 14.3. The Kier molecular flexibility index (Phi) is 6.02. The summed E-state index contributed by atoms with van der Waals surface area (Å²) >= 11 is 0. The predicted molar refractivity (Wildman–Crippen MR) is 74.6 cm³/mol. The highest BCUT2D eigenvalue weighted by atomic mass is 16.5. The molecule has 0 unspecified atom stereocenters. The van der Waals surface area contributed by atoms with E-state index in [-0.39, 0.29) is 11.8 Å². The van der Waals surface area contributed by atoms with Crippen LogP contribution in [0.5, 0.6) is 0 Å². The fourth-order valence-corrected chi connectivity index (χ4v) is 1.60. The van der Waals surface area contributed by atoms with Crippen molar-refractivity contribution in [1.29, 1.82) is 0 Å². The van der Waals surface area contributed by atoms with Crippen LogP contribution in [-0.2, 0) is 4.74 Å². The Morgan fingerprint density at radius 2 is 1.89 bits per heavy atom. The first-order chi connectivity index (χ1) is 9.08. The Bertz CT molecular complexity index is 429. The van der Waals surface area contributed by atoms with Crippen molar-refractivity contribution in [3.05, 3.63) is 29.8 Å². The van der Waals surface area contributed by atoms with E-state index in [4.69, 9.17) is 4.74 Å². The van der Waals surface area contributed by atoms with Crippen molar-refractivity contribution in [1.82, 2.24) is 4.90 Å². The molecule has 1 aromatic rings. The van der Waals surface area contributed by atoms with Gasteiger partial charge in [0.15, 0.2) is 5.78 Å². The number of methoxy groups -OCH3 is 1. The third-order valence-corrected chi connectivity index (χ3v) is 2.78. The fourth-order valence-electron chi connectivity index (χ4n) is 1.60. The van der Waals surface area contributed by atoms with Gasteiger partial charge in [0.2, 0.25) is 0 Å². The molecule has 0 aliphatic heterocycles. The lowest BCUT2D eigenvalue weighted by Crippen LogP contribution is -2.37. The van der Waals surface area contributed by atoms with Crippen LogP contribution in [-0.4, -0.2) is 43.5 Å². The van der Waals surface area contributed by atoms with Gasteiger partial charge in [-0.25, -0.2) is 4.79 Å². The SMILES string of the molecule is CCN(CCOC)C(=O)Nc1ccc(C(C)=O)cc1. The molecule has 0 saturated carbocycles. The lowest BCUT2D eigenvalue weighted by atomic mass is 10.1. The molecule has 2 amide bonds. The molecule has 5 nitrogen and oxygen atoms in total. The number of nitrogens with zero attached hydrogens (tertiary/aromatic N) is 1. The molecule has 1 rings (SSSR count). The molecule has 0 aliphatic rings. The standard InChI is InChI=1S/C14H20N2O3/c1-4-16(9-10-19-3)14(18)15-13-7-5-12(6-8-13)11(2)17/h5-8H,4,9-10H2,1-3H3,(H,15,18). The number of nitrogens with one attached hydrogen (secondary N) is 1. The summed E-state index contributed by atoms with van der Waals surface area (Å²) in [6.07, 6.45) is 0. The molecule has 0 radical (unpaired) electrons. The molecular formula is C14H20N2O3. The molecule has 0 heterocycles. The quantitative estimate of drug-likeness (QED) is 0.803. The van der Waals surface area contributed by atoms with Crippen molar-refractivity contribution >= 4 is 17.5 Å². The third kappa shape index (κ3) is 4.71. The first-order valence-electron chi connectivity index (χ1n) is 6.24. The summed E-state index contributed by atoms with van der Waals surface area (Å²) < 4.78 is 4.96. The molecule has 0 aliphatic carbocycles. The number of rotatable bonds is 6. The van der Waals surface area contributed by atoms with Crippen LogP contribution in [0.2, 0.25) is 0 Å². The summed E-state index contributed by atoms with van der Waals surface area (Å²) in [5.41, 5.74) is 1.30. The van der Waals surface area contributed by atoms with E-state index in [1.165, 1.54) is 6.92 Å². The Hall–Kier alpha value is -1.88. The van der Waals surface area contributed by atoms with Gasteiger partial charge in [0, 0.05) is 31.5 Å². The van der Waals surface area contributed by atoms with Gasteiger partial charge < -0.3 is 15.0 Å². The van der Waals surface area contributed by atoms with Crippen LogP contribution in [0.4, 0.5) is 10.5 Å². The number of hydrogen-bond donors (Lipinski definition) is 1. The average molecular weight is 264 g/mol. The van der Waals surface area contributed by atoms with Gasteiger partial charge in [0.1, 0.15) is 0 Å². The number of carbonyl (C=O) groups excluding carboxylic acids is 2. The van der Waals surface area contributed by atoms with Gasteiger partial charge in [0.25, 0.3) is 0 Å². The number of urea groups is 1. The van der Waals surface area contributed by atoms with Gasteiger partial charge in [-0.1, -0.05) is 0 Å². The minimum atomic E-state index is -0.171. The zero-order valence-corrected chi connectivity index (χ0v) is 11.6. The predicted octanol–water partition coefficient (Wildman–Crippen LogP) is 2.39. The highest BCUT2D eigenvalue weighted by molar-refractivity contribution is 5.95. The minimum Gasteiger partial charge on any atom is -0.383 e. The summed E-state index contributed by atoms with van der Waals surface area (Å²) in [6.45, 7) is 5.08. The number of anilines is 1. The monoisotopic (exact) mass is 264 g/mol. The second-order valence-electron chi connectivity index (χ2n) is 4.14. The zero-order valence-electron chi connectivity index (χ0n) is 11.6. The molecule has 1 N–H and O–H groups in total. The van der Waals surface area contributed by atoms with E-state index >= 15 is 0 Å². The Balaban J connectivity index is 2.62. The molecule has 19 heavy (non-hydrogen) atoms. The van der Waals surface area contributed by atoms with Crippen LogP contribution < -0.4 is 5.32 Å². The van der Waals surface area contributed by atoms with Gasteiger partial charge in [-0.2, -0.15) is 0 Å². The Morgan fingerprint density at radius 3 is 2.37 bits per heavy atom. The number of benzene rings is 1. The van der Waals surface area contributed by atoms with Crippen molar-refractivity contribution in [3.8, 4) is 0 Å². The molecule has 1 aromatic carbocycles. The lowest BCUT2D eigenvalue weighted by Gasteiger charge is -2.20. The van der Waals surface area contributed by atoms with Crippen LogP contribution in [0.15, 0.2) is 24.3 Å². The number of ether oxygens (including phenoxy) is 1. The topological polar surface area (TPSA) is 58.6 Å². The molecule has 0 aromatic heterocycles. The first kappa shape index (κ1) is 15.2. The molecule has 0 bridgehead atoms. The maximum absolute atomic E-state index is 12.0.